The zero-order valence-electron chi connectivity index (χ0n) is 8.44. The highest BCUT2D eigenvalue weighted by Gasteiger charge is 2.13. The van der Waals surface area contributed by atoms with Crippen LogP contribution < -0.4 is 10.5 Å². The van der Waals surface area contributed by atoms with Crippen molar-refractivity contribution < 1.29 is 13.7 Å². The molecule has 0 saturated heterocycles. The second-order valence-corrected chi connectivity index (χ2v) is 2.94. The summed E-state index contributed by atoms with van der Waals surface area (Å²) >= 11 is 0. The summed E-state index contributed by atoms with van der Waals surface area (Å²) in [5.41, 5.74) is 6.34. The van der Waals surface area contributed by atoms with Gasteiger partial charge in [0.1, 0.15) is 5.69 Å². The summed E-state index contributed by atoms with van der Waals surface area (Å²) in [6.45, 7) is 0. The number of nitrogens with zero attached hydrogens (tertiary/aromatic N) is 1. The van der Waals surface area contributed by atoms with E-state index in [-0.39, 0.29) is 28.6 Å². The summed E-state index contributed by atoms with van der Waals surface area (Å²) in [7, 11) is 1.39. The largest absolute Gasteiger partial charge is 0.493 e. The minimum absolute atomic E-state index is 0. The Kier molecular flexibility index (Phi) is 3.89. The van der Waals surface area contributed by atoms with E-state index in [9.17, 15) is 4.39 Å². The predicted molar refractivity (Wildman–Crippen MR) is 63.2 cm³/mol. The Morgan fingerprint density at radius 1 is 1.44 bits per heavy atom. The van der Waals surface area contributed by atoms with E-state index in [0.29, 0.717) is 11.3 Å². The van der Waals surface area contributed by atoms with Gasteiger partial charge in [-0.05, 0) is 12.1 Å². The van der Waals surface area contributed by atoms with Gasteiger partial charge in [-0.1, -0.05) is 11.2 Å². The number of anilines is 1. The second-order valence-electron chi connectivity index (χ2n) is 2.94. The molecular weight excluding hydrogens is 279 g/mol. The molecule has 0 bridgehead atoms. The average molecular weight is 289 g/mol. The molecule has 4 nitrogen and oxygen atoms in total. The number of aromatic nitrogens is 1. The van der Waals surface area contributed by atoms with Gasteiger partial charge in [0, 0.05) is 11.6 Å². The molecule has 0 radical (unpaired) electrons. The third-order valence-electron chi connectivity index (χ3n) is 1.98. The van der Waals surface area contributed by atoms with Crippen molar-refractivity contribution in [3.05, 3.63) is 30.1 Å². The lowest BCUT2D eigenvalue weighted by Crippen LogP contribution is -1.91. The van der Waals surface area contributed by atoms with Crippen LogP contribution in [0, 0.1) is 5.82 Å². The van der Waals surface area contributed by atoms with Crippen LogP contribution in [0.25, 0.3) is 11.3 Å². The van der Waals surface area contributed by atoms with Gasteiger partial charge in [0.05, 0.1) is 7.11 Å². The number of methoxy groups -OCH3 is 1. The maximum atomic E-state index is 13.3. The minimum Gasteiger partial charge on any atom is -0.493 e. The van der Waals surface area contributed by atoms with Gasteiger partial charge in [0.2, 0.25) is 5.88 Å². The van der Waals surface area contributed by atoms with Gasteiger partial charge in [-0.3, -0.25) is 0 Å². The molecule has 0 aliphatic heterocycles. The highest BCUT2D eigenvalue weighted by atomic mass is 79.9. The van der Waals surface area contributed by atoms with Crippen LogP contribution in [0.3, 0.4) is 0 Å². The van der Waals surface area contributed by atoms with Crippen molar-refractivity contribution in [1.82, 2.24) is 5.16 Å². The Morgan fingerprint density at radius 2 is 2.19 bits per heavy atom. The lowest BCUT2D eigenvalue weighted by Gasteiger charge is -2.05. The van der Waals surface area contributed by atoms with Crippen LogP contribution in [0.4, 0.5) is 10.3 Å². The zero-order chi connectivity index (χ0) is 10.8. The Morgan fingerprint density at radius 3 is 2.75 bits per heavy atom. The van der Waals surface area contributed by atoms with Gasteiger partial charge in [0.25, 0.3) is 0 Å². The molecule has 0 saturated carbocycles. The second kappa shape index (κ2) is 4.98. The van der Waals surface area contributed by atoms with Crippen molar-refractivity contribution in [2.75, 3.05) is 12.8 Å². The first-order valence-electron chi connectivity index (χ1n) is 4.27. The van der Waals surface area contributed by atoms with Gasteiger partial charge in [0.15, 0.2) is 11.6 Å². The maximum Gasteiger partial charge on any atom is 0.222 e. The lowest BCUT2D eigenvalue weighted by molar-refractivity contribution is 0.387. The van der Waals surface area contributed by atoms with Crippen LogP contribution in [0.5, 0.6) is 5.75 Å². The Bertz CT molecular complexity index is 487. The molecule has 2 rings (SSSR count). The maximum absolute atomic E-state index is 13.3. The quantitative estimate of drug-likeness (QED) is 0.923. The SMILES string of the molecule is Br.COc1c(F)cccc1-c1cc(N)on1. The zero-order valence-corrected chi connectivity index (χ0v) is 10.1. The molecule has 0 fully saturated rings. The number of nitrogen functional groups attached to an aromatic ring is 1. The fraction of sp³-hybridized carbons (Fsp3) is 0.100. The summed E-state index contributed by atoms with van der Waals surface area (Å²) in [4.78, 5) is 0. The van der Waals surface area contributed by atoms with Crippen molar-refractivity contribution >= 4 is 22.9 Å². The molecule has 0 spiro atoms. The number of hydrogen-bond donors (Lipinski definition) is 1. The molecule has 0 aliphatic rings. The van der Waals surface area contributed by atoms with E-state index in [1.54, 1.807) is 12.1 Å². The monoisotopic (exact) mass is 288 g/mol. The van der Waals surface area contributed by atoms with Gasteiger partial charge < -0.3 is 15.0 Å². The molecular formula is C10H10BrFN2O2. The molecule has 1 aromatic heterocycles. The lowest BCUT2D eigenvalue weighted by atomic mass is 10.1. The molecule has 86 valence electrons. The van der Waals surface area contributed by atoms with Crippen LogP contribution in [0.15, 0.2) is 28.8 Å². The number of rotatable bonds is 2. The van der Waals surface area contributed by atoms with Gasteiger partial charge in [-0.2, -0.15) is 0 Å². The van der Waals surface area contributed by atoms with Gasteiger partial charge >= 0.3 is 0 Å². The molecule has 1 aromatic carbocycles. The van der Waals surface area contributed by atoms with Crippen LogP contribution in [-0.2, 0) is 0 Å². The molecule has 2 aromatic rings. The normalized spacial score (nSPS) is 9.62. The number of nitrogens with two attached hydrogens (primary N) is 1. The molecule has 0 atom stereocenters. The standard InChI is InChI=1S/C10H9FN2O2.BrH/c1-14-10-6(3-2-4-7(10)11)8-5-9(12)15-13-8;/h2-5H,12H2,1H3;1H. The van der Waals surface area contributed by atoms with Crippen molar-refractivity contribution in [2.45, 2.75) is 0 Å². The highest BCUT2D eigenvalue weighted by molar-refractivity contribution is 8.93. The summed E-state index contributed by atoms with van der Waals surface area (Å²) in [5.74, 6) is -0.140. The fourth-order valence-corrected chi connectivity index (χ4v) is 1.33. The Balaban J connectivity index is 0.00000128. The first kappa shape index (κ1) is 12.5. The molecule has 0 amide bonds. The van der Waals surface area contributed by atoms with E-state index >= 15 is 0 Å². The summed E-state index contributed by atoms with van der Waals surface area (Å²) in [5, 5.41) is 3.69. The molecule has 2 N–H and O–H groups in total. The molecule has 0 unspecified atom stereocenters. The van der Waals surface area contributed by atoms with E-state index < -0.39 is 5.82 Å². The molecule has 6 heteroatoms. The number of hydrogen-bond acceptors (Lipinski definition) is 4. The van der Waals surface area contributed by atoms with E-state index in [1.165, 1.54) is 19.2 Å². The third-order valence-corrected chi connectivity index (χ3v) is 1.98. The van der Waals surface area contributed by atoms with Crippen molar-refractivity contribution in [2.24, 2.45) is 0 Å². The topological polar surface area (TPSA) is 61.3 Å². The summed E-state index contributed by atoms with van der Waals surface area (Å²) < 4.78 is 23.0. The number of ether oxygens (including phenoxy) is 1. The molecule has 1 heterocycles. The number of benzene rings is 1. The van der Waals surface area contributed by atoms with Crippen molar-refractivity contribution in [1.29, 1.82) is 0 Å². The fourth-order valence-electron chi connectivity index (χ4n) is 1.33. The summed E-state index contributed by atoms with van der Waals surface area (Å²) in [6, 6.07) is 6.07. The molecule has 16 heavy (non-hydrogen) atoms. The van der Waals surface area contributed by atoms with Crippen LogP contribution in [0.2, 0.25) is 0 Å². The van der Waals surface area contributed by atoms with E-state index in [0.717, 1.165) is 0 Å². The Labute approximate surface area is 102 Å². The first-order chi connectivity index (χ1) is 7.22. The van der Waals surface area contributed by atoms with E-state index in [1.807, 2.05) is 0 Å². The third kappa shape index (κ3) is 2.16. The smallest absolute Gasteiger partial charge is 0.222 e. The Hall–Kier alpha value is -1.56. The van der Waals surface area contributed by atoms with Gasteiger partial charge in [-0.15, -0.1) is 17.0 Å². The first-order valence-corrected chi connectivity index (χ1v) is 4.27. The minimum atomic E-state index is -0.448. The highest BCUT2D eigenvalue weighted by Crippen LogP contribution is 2.31. The molecule has 0 aliphatic carbocycles. The van der Waals surface area contributed by atoms with Crippen LogP contribution in [-0.4, -0.2) is 12.3 Å². The average Bonchev–Trinajstić information content (AvgIpc) is 2.64. The van der Waals surface area contributed by atoms with Crippen molar-refractivity contribution in [3.8, 4) is 17.0 Å². The van der Waals surface area contributed by atoms with Crippen LogP contribution >= 0.6 is 17.0 Å². The van der Waals surface area contributed by atoms with E-state index in [4.69, 9.17) is 15.0 Å². The van der Waals surface area contributed by atoms with E-state index in [2.05, 4.69) is 5.16 Å². The predicted octanol–water partition coefficient (Wildman–Crippen LogP) is 2.65. The number of halogens is 2. The van der Waals surface area contributed by atoms with Crippen molar-refractivity contribution in [3.63, 3.8) is 0 Å². The summed E-state index contributed by atoms with van der Waals surface area (Å²) in [6.07, 6.45) is 0. The van der Waals surface area contributed by atoms with Crippen LogP contribution in [0.1, 0.15) is 0 Å². The number of para-hydroxylation sites is 1. The van der Waals surface area contributed by atoms with Gasteiger partial charge in [-0.25, -0.2) is 4.39 Å².